The maximum Gasteiger partial charge on any atom is 0.325 e. The zero-order valence-corrected chi connectivity index (χ0v) is 15.3. The lowest BCUT2D eigenvalue weighted by atomic mass is 10.1. The van der Waals surface area contributed by atoms with Crippen molar-refractivity contribution in [1.82, 2.24) is 9.80 Å². The van der Waals surface area contributed by atoms with E-state index in [9.17, 15) is 14.4 Å². The standard InChI is InChI=1S/C19H26N2O4/c1-19(2,3)21-12-15(10-16(21)22)18(24)20(13-17(23)25-4)11-14-8-6-5-7-9-14/h5-9,15H,10-13H2,1-4H3. The number of rotatable bonds is 5. The van der Waals surface area contributed by atoms with Gasteiger partial charge in [0.2, 0.25) is 11.8 Å². The Hall–Kier alpha value is -2.37. The maximum atomic E-state index is 13.0. The third-order valence-electron chi connectivity index (χ3n) is 4.36. The van der Waals surface area contributed by atoms with E-state index in [0.717, 1.165) is 5.56 Å². The summed E-state index contributed by atoms with van der Waals surface area (Å²) in [5.74, 6) is -1.11. The first kappa shape index (κ1) is 19.0. The number of hydrogen-bond donors (Lipinski definition) is 0. The Morgan fingerprint density at radius 3 is 2.40 bits per heavy atom. The minimum Gasteiger partial charge on any atom is -0.468 e. The van der Waals surface area contributed by atoms with Gasteiger partial charge in [0.15, 0.2) is 0 Å². The van der Waals surface area contributed by atoms with Crippen molar-refractivity contribution in [3.8, 4) is 0 Å². The van der Waals surface area contributed by atoms with Crippen LogP contribution in [0.2, 0.25) is 0 Å². The van der Waals surface area contributed by atoms with Gasteiger partial charge >= 0.3 is 5.97 Å². The van der Waals surface area contributed by atoms with Crippen molar-refractivity contribution < 1.29 is 19.1 Å². The number of carbonyl (C=O) groups is 3. The van der Waals surface area contributed by atoms with Crippen LogP contribution in [0.15, 0.2) is 30.3 Å². The third kappa shape index (κ3) is 4.81. The molecule has 1 heterocycles. The Labute approximate surface area is 148 Å². The molecule has 0 spiro atoms. The number of methoxy groups -OCH3 is 1. The van der Waals surface area contributed by atoms with Crippen molar-refractivity contribution in [3.05, 3.63) is 35.9 Å². The van der Waals surface area contributed by atoms with Crippen LogP contribution in [0.25, 0.3) is 0 Å². The van der Waals surface area contributed by atoms with Gasteiger partial charge in [0.05, 0.1) is 13.0 Å². The fourth-order valence-corrected chi connectivity index (χ4v) is 3.02. The van der Waals surface area contributed by atoms with Crippen LogP contribution in [0.5, 0.6) is 0 Å². The van der Waals surface area contributed by atoms with Crippen molar-refractivity contribution in [1.29, 1.82) is 0 Å². The van der Waals surface area contributed by atoms with Crippen molar-refractivity contribution in [2.45, 2.75) is 39.3 Å². The lowest BCUT2D eigenvalue weighted by Crippen LogP contribution is -2.44. The van der Waals surface area contributed by atoms with Crippen LogP contribution in [0.4, 0.5) is 0 Å². The second-order valence-corrected chi connectivity index (χ2v) is 7.33. The monoisotopic (exact) mass is 346 g/mol. The number of hydrogen-bond acceptors (Lipinski definition) is 4. The van der Waals surface area contributed by atoms with Crippen molar-refractivity contribution in [2.24, 2.45) is 5.92 Å². The number of carbonyl (C=O) groups excluding carboxylic acids is 3. The number of amides is 2. The van der Waals surface area contributed by atoms with Crippen molar-refractivity contribution in [3.63, 3.8) is 0 Å². The van der Waals surface area contributed by atoms with Gasteiger partial charge in [-0.25, -0.2) is 0 Å². The highest BCUT2D eigenvalue weighted by Crippen LogP contribution is 2.27. The van der Waals surface area contributed by atoms with E-state index in [-0.39, 0.29) is 30.3 Å². The Bertz CT molecular complexity index is 637. The van der Waals surface area contributed by atoms with Gasteiger partial charge in [-0.1, -0.05) is 30.3 Å². The summed E-state index contributed by atoms with van der Waals surface area (Å²) in [4.78, 5) is 40.2. The van der Waals surface area contributed by atoms with Crippen LogP contribution in [0.3, 0.4) is 0 Å². The highest BCUT2D eigenvalue weighted by molar-refractivity contribution is 5.91. The lowest BCUT2D eigenvalue weighted by Gasteiger charge is -2.32. The molecule has 2 amide bonds. The van der Waals surface area contributed by atoms with Crippen molar-refractivity contribution in [2.75, 3.05) is 20.2 Å². The molecular weight excluding hydrogens is 320 g/mol. The minimum atomic E-state index is -0.471. The number of benzene rings is 1. The van der Waals surface area contributed by atoms with Crippen LogP contribution in [0.1, 0.15) is 32.8 Å². The molecule has 1 atom stereocenters. The summed E-state index contributed by atoms with van der Waals surface area (Å²) in [6.07, 6.45) is 0.183. The Morgan fingerprint density at radius 1 is 1.24 bits per heavy atom. The van der Waals surface area contributed by atoms with Gasteiger partial charge in [0.1, 0.15) is 6.54 Å². The van der Waals surface area contributed by atoms with E-state index in [4.69, 9.17) is 4.74 Å². The first-order valence-corrected chi connectivity index (χ1v) is 8.42. The molecule has 1 aliphatic heterocycles. The van der Waals surface area contributed by atoms with E-state index in [0.29, 0.717) is 13.1 Å². The van der Waals surface area contributed by atoms with Crippen LogP contribution in [-0.2, 0) is 25.7 Å². The van der Waals surface area contributed by atoms with E-state index in [1.165, 1.54) is 12.0 Å². The van der Waals surface area contributed by atoms with Gasteiger partial charge in [-0.2, -0.15) is 0 Å². The number of nitrogens with zero attached hydrogens (tertiary/aromatic N) is 2. The third-order valence-corrected chi connectivity index (χ3v) is 4.36. The van der Waals surface area contributed by atoms with Crippen LogP contribution < -0.4 is 0 Å². The molecule has 6 heteroatoms. The number of esters is 1. The summed E-state index contributed by atoms with van der Waals surface area (Å²) in [5, 5.41) is 0. The van der Waals surface area contributed by atoms with Crippen LogP contribution in [0, 0.1) is 5.92 Å². The van der Waals surface area contributed by atoms with E-state index < -0.39 is 11.9 Å². The Kier molecular flexibility index (Phi) is 5.82. The summed E-state index contributed by atoms with van der Waals surface area (Å²) in [6, 6.07) is 9.47. The average Bonchev–Trinajstić information content (AvgIpc) is 2.96. The average molecular weight is 346 g/mol. The predicted molar refractivity (Wildman–Crippen MR) is 93.4 cm³/mol. The molecule has 1 aromatic carbocycles. The molecule has 2 rings (SSSR count). The summed E-state index contributed by atoms with van der Waals surface area (Å²) in [6.45, 7) is 6.43. The molecule has 1 unspecified atom stereocenters. The summed E-state index contributed by atoms with van der Waals surface area (Å²) < 4.78 is 4.72. The van der Waals surface area contributed by atoms with Crippen LogP contribution >= 0.6 is 0 Å². The molecule has 0 bridgehead atoms. The second kappa shape index (κ2) is 7.68. The molecule has 1 aromatic rings. The fourth-order valence-electron chi connectivity index (χ4n) is 3.02. The molecule has 1 saturated heterocycles. The number of ether oxygens (including phenoxy) is 1. The van der Waals surface area contributed by atoms with Crippen LogP contribution in [-0.4, -0.2) is 53.3 Å². The Morgan fingerprint density at radius 2 is 1.88 bits per heavy atom. The molecule has 0 radical (unpaired) electrons. The molecule has 1 fully saturated rings. The minimum absolute atomic E-state index is 0.0245. The lowest BCUT2D eigenvalue weighted by molar-refractivity contribution is -0.148. The summed E-state index contributed by atoms with van der Waals surface area (Å²) >= 11 is 0. The Balaban J connectivity index is 2.15. The predicted octanol–water partition coefficient (Wildman–Crippen LogP) is 1.84. The van der Waals surface area contributed by atoms with Gasteiger partial charge in [0.25, 0.3) is 0 Å². The van der Waals surface area contributed by atoms with Crippen molar-refractivity contribution >= 4 is 17.8 Å². The molecular formula is C19H26N2O4. The van der Waals surface area contributed by atoms with Gasteiger partial charge in [-0.05, 0) is 26.3 Å². The SMILES string of the molecule is COC(=O)CN(Cc1ccccc1)C(=O)C1CC(=O)N(C(C)(C)C)C1. The quantitative estimate of drug-likeness (QED) is 0.763. The largest absolute Gasteiger partial charge is 0.468 e. The van der Waals surface area contributed by atoms with Gasteiger partial charge in [-0.3, -0.25) is 14.4 Å². The highest BCUT2D eigenvalue weighted by atomic mass is 16.5. The molecule has 25 heavy (non-hydrogen) atoms. The zero-order chi connectivity index (χ0) is 18.6. The van der Waals surface area contributed by atoms with Gasteiger partial charge in [0, 0.05) is 25.0 Å². The topological polar surface area (TPSA) is 66.9 Å². The normalized spacial score (nSPS) is 17.5. The summed E-state index contributed by atoms with van der Waals surface area (Å²) in [5.41, 5.74) is 0.607. The summed E-state index contributed by atoms with van der Waals surface area (Å²) in [7, 11) is 1.30. The zero-order valence-electron chi connectivity index (χ0n) is 15.3. The molecule has 1 aliphatic rings. The smallest absolute Gasteiger partial charge is 0.325 e. The second-order valence-electron chi connectivity index (χ2n) is 7.33. The van der Waals surface area contributed by atoms with Gasteiger partial charge < -0.3 is 14.5 Å². The molecule has 136 valence electrons. The maximum absolute atomic E-state index is 13.0. The highest BCUT2D eigenvalue weighted by Gasteiger charge is 2.41. The van der Waals surface area contributed by atoms with Gasteiger partial charge in [-0.15, -0.1) is 0 Å². The van der Waals surface area contributed by atoms with E-state index in [1.807, 2.05) is 51.1 Å². The molecule has 6 nitrogen and oxygen atoms in total. The van der Waals surface area contributed by atoms with E-state index in [1.54, 1.807) is 4.90 Å². The molecule has 0 aliphatic carbocycles. The fraction of sp³-hybridized carbons (Fsp3) is 0.526. The first-order chi connectivity index (χ1) is 11.7. The molecule has 0 saturated carbocycles. The number of likely N-dealkylation sites (tertiary alicyclic amines) is 1. The molecule has 0 aromatic heterocycles. The van der Waals surface area contributed by atoms with E-state index >= 15 is 0 Å². The first-order valence-electron chi connectivity index (χ1n) is 8.42. The molecule has 0 N–H and O–H groups in total. The van der Waals surface area contributed by atoms with E-state index in [2.05, 4.69) is 0 Å².